The summed E-state index contributed by atoms with van der Waals surface area (Å²) >= 11 is 0. The summed E-state index contributed by atoms with van der Waals surface area (Å²) in [5.74, 6) is -0.908. The molecule has 0 saturated heterocycles. The zero-order valence-corrected chi connectivity index (χ0v) is 47.6. The van der Waals surface area contributed by atoms with Crippen molar-refractivity contribution >= 4 is 17.9 Å². The minimum Gasteiger partial charge on any atom is -0.462 e. The molecule has 6 nitrogen and oxygen atoms in total. The molecule has 0 rings (SSSR count). The summed E-state index contributed by atoms with van der Waals surface area (Å²) in [5, 5.41) is 0. The van der Waals surface area contributed by atoms with Crippen LogP contribution in [-0.4, -0.2) is 37.2 Å². The molecule has 0 aliphatic rings. The third-order valence-electron chi connectivity index (χ3n) is 12.8. The van der Waals surface area contributed by atoms with Crippen molar-refractivity contribution in [1.29, 1.82) is 0 Å². The number of hydrogen-bond acceptors (Lipinski definition) is 6. The van der Waals surface area contributed by atoms with E-state index in [4.69, 9.17) is 14.2 Å². The molecule has 0 amide bonds. The number of unbranched alkanes of at least 4 members (excludes halogenated alkanes) is 25. The van der Waals surface area contributed by atoms with E-state index in [-0.39, 0.29) is 31.1 Å². The van der Waals surface area contributed by atoms with Crippen molar-refractivity contribution in [2.75, 3.05) is 13.2 Å². The van der Waals surface area contributed by atoms with Gasteiger partial charge in [0.2, 0.25) is 0 Å². The Morgan fingerprint density at radius 3 is 0.849 bits per heavy atom. The standard InChI is InChI=1S/C67H112O6/c1-4-7-10-13-16-18-20-22-24-26-27-28-29-30-31-32-33-34-35-36-37-38-39-40-41-42-44-45-47-49-51-54-57-60-66(69)72-63-64(62-71-65(68)59-56-53-15-12-9-6-3)73-67(70)61-58-55-52-50-48-46-43-25-23-21-19-17-14-11-8-5-2/h7,10,16,18-19,21-22,24-25,27-28,30-31,33-34,36-37,43,64H,4-6,8-9,11-15,17,20,23,26,29,32,35,38-42,44-63H2,1-3H3/b10-7-,18-16-,21-19-,24-22-,28-27-,31-30-,34-33-,37-36-,43-25-. The maximum absolute atomic E-state index is 12.8. The van der Waals surface area contributed by atoms with E-state index >= 15 is 0 Å². The van der Waals surface area contributed by atoms with Crippen LogP contribution in [0.15, 0.2) is 109 Å². The summed E-state index contributed by atoms with van der Waals surface area (Å²) in [6.07, 6.45) is 82.7. The van der Waals surface area contributed by atoms with Crippen LogP contribution in [0, 0.1) is 0 Å². The smallest absolute Gasteiger partial charge is 0.306 e. The number of ether oxygens (including phenoxy) is 3. The molecule has 0 fully saturated rings. The second kappa shape index (κ2) is 60.6. The molecule has 1 unspecified atom stereocenters. The van der Waals surface area contributed by atoms with Crippen molar-refractivity contribution in [3.8, 4) is 0 Å². The molecular formula is C67H112O6. The Hall–Kier alpha value is -3.93. The average Bonchev–Trinajstić information content (AvgIpc) is 3.39. The van der Waals surface area contributed by atoms with Gasteiger partial charge in [-0.3, -0.25) is 14.4 Å². The lowest BCUT2D eigenvalue weighted by molar-refractivity contribution is -0.167. The van der Waals surface area contributed by atoms with E-state index in [1.165, 1.54) is 109 Å². The highest BCUT2D eigenvalue weighted by Gasteiger charge is 2.19. The van der Waals surface area contributed by atoms with E-state index in [9.17, 15) is 14.4 Å². The largest absolute Gasteiger partial charge is 0.462 e. The first-order valence-electron chi connectivity index (χ1n) is 30.4. The lowest BCUT2D eigenvalue weighted by Gasteiger charge is -2.18. The number of esters is 3. The number of carbonyl (C=O) groups is 3. The Morgan fingerprint density at radius 2 is 0.534 bits per heavy atom. The van der Waals surface area contributed by atoms with Crippen molar-refractivity contribution in [3.63, 3.8) is 0 Å². The van der Waals surface area contributed by atoms with Gasteiger partial charge in [-0.1, -0.05) is 259 Å². The Labute approximate surface area is 450 Å². The van der Waals surface area contributed by atoms with Gasteiger partial charge in [-0.25, -0.2) is 0 Å². The first-order chi connectivity index (χ1) is 36.0. The fourth-order valence-electron chi connectivity index (χ4n) is 8.22. The summed E-state index contributed by atoms with van der Waals surface area (Å²) in [7, 11) is 0. The summed E-state index contributed by atoms with van der Waals surface area (Å²) in [6.45, 7) is 6.44. The number of allylic oxidation sites excluding steroid dienone is 18. The highest BCUT2D eigenvalue weighted by Crippen LogP contribution is 2.15. The molecular weight excluding hydrogens is 901 g/mol. The van der Waals surface area contributed by atoms with Gasteiger partial charge in [0, 0.05) is 19.3 Å². The topological polar surface area (TPSA) is 78.9 Å². The zero-order chi connectivity index (χ0) is 52.9. The van der Waals surface area contributed by atoms with Crippen LogP contribution in [0.2, 0.25) is 0 Å². The Bertz CT molecular complexity index is 1490. The predicted octanol–water partition coefficient (Wildman–Crippen LogP) is 20.7. The molecule has 0 aliphatic carbocycles. The quantitative estimate of drug-likeness (QED) is 0.0261. The molecule has 0 heterocycles. The van der Waals surface area contributed by atoms with E-state index in [1.807, 2.05) is 0 Å². The van der Waals surface area contributed by atoms with Crippen LogP contribution in [0.1, 0.15) is 278 Å². The third-order valence-corrected chi connectivity index (χ3v) is 12.8. The van der Waals surface area contributed by atoms with Crippen LogP contribution in [0.25, 0.3) is 0 Å². The first kappa shape index (κ1) is 69.1. The van der Waals surface area contributed by atoms with Crippen LogP contribution in [0.5, 0.6) is 0 Å². The summed E-state index contributed by atoms with van der Waals surface area (Å²) in [5.41, 5.74) is 0. The fourth-order valence-corrected chi connectivity index (χ4v) is 8.22. The number of rotatable bonds is 54. The summed E-state index contributed by atoms with van der Waals surface area (Å²) in [6, 6.07) is 0. The van der Waals surface area contributed by atoms with E-state index in [2.05, 4.69) is 130 Å². The molecule has 1 atom stereocenters. The maximum atomic E-state index is 12.8. The third kappa shape index (κ3) is 58.8. The average molecular weight is 1010 g/mol. The molecule has 0 aromatic heterocycles. The van der Waals surface area contributed by atoms with E-state index < -0.39 is 6.10 Å². The van der Waals surface area contributed by atoms with Crippen molar-refractivity contribution in [2.45, 2.75) is 284 Å². The van der Waals surface area contributed by atoms with Crippen LogP contribution >= 0.6 is 0 Å². The van der Waals surface area contributed by atoms with Gasteiger partial charge in [0.05, 0.1) is 0 Å². The molecule has 0 aromatic carbocycles. The number of hydrogen-bond donors (Lipinski definition) is 0. The van der Waals surface area contributed by atoms with Gasteiger partial charge in [0.15, 0.2) is 6.10 Å². The number of carbonyl (C=O) groups excluding carboxylic acids is 3. The molecule has 73 heavy (non-hydrogen) atoms. The SMILES string of the molecule is CC/C=C\C/C=C\C/C=C\C/C=C\C/C=C\C/C=C\C/C=C\CCCCCCCCCCCCCC(=O)OCC(COC(=O)CCCCCCCC)OC(=O)CCCCCCC/C=C\C/C=C\CCCCCC. The molecule has 0 bridgehead atoms. The molecule has 0 saturated carbocycles. The van der Waals surface area contributed by atoms with Crippen LogP contribution in [-0.2, 0) is 28.6 Å². The highest BCUT2D eigenvalue weighted by molar-refractivity contribution is 5.71. The van der Waals surface area contributed by atoms with E-state index in [1.54, 1.807) is 0 Å². The van der Waals surface area contributed by atoms with Gasteiger partial charge in [0.1, 0.15) is 13.2 Å². The predicted molar refractivity (Wildman–Crippen MR) is 316 cm³/mol. The highest BCUT2D eigenvalue weighted by atomic mass is 16.6. The minimum absolute atomic E-state index is 0.0837. The second-order valence-corrected chi connectivity index (χ2v) is 19.9. The van der Waals surface area contributed by atoms with Crippen molar-refractivity contribution in [2.24, 2.45) is 0 Å². The van der Waals surface area contributed by atoms with Crippen molar-refractivity contribution < 1.29 is 28.6 Å². The maximum Gasteiger partial charge on any atom is 0.306 e. The molecule has 0 radical (unpaired) electrons. The Balaban J connectivity index is 4.08. The molecule has 0 aromatic rings. The van der Waals surface area contributed by atoms with Crippen molar-refractivity contribution in [1.82, 2.24) is 0 Å². The molecule has 0 spiro atoms. The lowest BCUT2D eigenvalue weighted by Crippen LogP contribution is -2.30. The van der Waals surface area contributed by atoms with Crippen LogP contribution in [0.4, 0.5) is 0 Å². The first-order valence-corrected chi connectivity index (χ1v) is 30.4. The normalized spacial score (nSPS) is 12.9. The van der Waals surface area contributed by atoms with Gasteiger partial charge >= 0.3 is 17.9 Å². The van der Waals surface area contributed by atoms with E-state index in [0.29, 0.717) is 19.3 Å². The summed E-state index contributed by atoms with van der Waals surface area (Å²) in [4.78, 5) is 37.9. The van der Waals surface area contributed by atoms with Crippen LogP contribution in [0.3, 0.4) is 0 Å². The molecule has 416 valence electrons. The Kier molecular flexibility index (Phi) is 57.4. The van der Waals surface area contributed by atoms with Crippen LogP contribution < -0.4 is 0 Å². The van der Waals surface area contributed by atoms with Crippen molar-refractivity contribution in [3.05, 3.63) is 109 Å². The van der Waals surface area contributed by atoms with Gasteiger partial charge in [-0.15, -0.1) is 0 Å². The molecule has 6 heteroatoms. The fraction of sp³-hybridized carbons (Fsp3) is 0.687. The molecule has 0 aliphatic heterocycles. The second-order valence-electron chi connectivity index (χ2n) is 19.9. The summed E-state index contributed by atoms with van der Waals surface area (Å²) < 4.78 is 16.7. The van der Waals surface area contributed by atoms with Gasteiger partial charge < -0.3 is 14.2 Å². The van der Waals surface area contributed by atoms with Gasteiger partial charge in [-0.05, 0) is 109 Å². The lowest BCUT2D eigenvalue weighted by atomic mass is 10.0. The van der Waals surface area contributed by atoms with Gasteiger partial charge in [0.25, 0.3) is 0 Å². The minimum atomic E-state index is -0.783. The zero-order valence-electron chi connectivity index (χ0n) is 47.6. The van der Waals surface area contributed by atoms with E-state index in [0.717, 1.165) is 128 Å². The Morgan fingerprint density at radius 1 is 0.288 bits per heavy atom. The monoisotopic (exact) mass is 1010 g/mol. The molecule has 0 N–H and O–H groups in total. The van der Waals surface area contributed by atoms with Gasteiger partial charge in [-0.2, -0.15) is 0 Å².